The molecule has 132 valence electrons. The van der Waals surface area contributed by atoms with Crippen molar-refractivity contribution in [2.24, 2.45) is 0 Å². The highest BCUT2D eigenvalue weighted by atomic mass is 16.1. The van der Waals surface area contributed by atoms with E-state index in [0.29, 0.717) is 22.6 Å². The summed E-state index contributed by atoms with van der Waals surface area (Å²) in [6.45, 7) is 0. The fourth-order valence-corrected chi connectivity index (χ4v) is 3.20. The van der Waals surface area contributed by atoms with E-state index in [1.165, 1.54) is 6.07 Å². The number of pyridine rings is 1. The minimum atomic E-state index is -0.206. The van der Waals surface area contributed by atoms with Crippen LogP contribution in [0.5, 0.6) is 0 Å². The van der Waals surface area contributed by atoms with Gasteiger partial charge in [-0.05, 0) is 24.3 Å². The topological polar surface area (TPSA) is 111 Å². The van der Waals surface area contributed by atoms with Crippen LogP contribution in [0.15, 0.2) is 65.8 Å². The van der Waals surface area contributed by atoms with Gasteiger partial charge in [0.25, 0.3) is 0 Å². The Bertz CT molecular complexity index is 1460. The van der Waals surface area contributed by atoms with E-state index in [1.807, 2.05) is 24.3 Å². The van der Waals surface area contributed by atoms with Crippen LogP contribution in [0.1, 0.15) is 5.56 Å². The fraction of sp³-hybridized carbons (Fsp3) is 0. The van der Waals surface area contributed by atoms with Crippen LogP contribution in [0.2, 0.25) is 0 Å². The van der Waals surface area contributed by atoms with Crippen LogP contribution in [-0.4, -0.2) is 24.9 Å². The van der Waals surface area contributed by atoms with Crippen molar-refractivity contribution < 1.29 is 0 Å². The molecule has 7 nitrogen and oxygen atoms in total. The molecule has 0 radical (unpaired) electrons. The van der Waals surface area contributed by atoms with E-state index in [4.69, 9.17) is 0 Å². The van der Waals surface area contributed by atoms with E-state index >= 15 is 0 Å². The van der Waals surface area contributed by atoms with Gasteiger partial charge >= 0.3 is 0 Å². The summed E-state index contributed by atoms with van der Waals surface area (Å²) in [7, 11) is 0. The zero-order valence-electron chi connectivity index (χ0n) is 14.5. The van der Waals surface area contributed by atoms with Crippen molar-refractivity contribution in [1.29, 1.82) is 5.26 Å². The lowest BCUT2D eigenvalue weighted by Crippen LogP contribution is -2.06. The van der Waals surface area contributed by atoms with Crippen molar-refractivity contribution in [2.75, 3.05) is 0 Å². The molecule has 0 aliphatic rings. The third kappa shape index (κ3) is 2.52. The normalized spacial score (nSPS) is 11.0. The molecule has 2 N–H and O–H groups in total. The Kier molecular flexibility index (Phi) is 3.49. The lowest BCUT2D eigenvalue weighted by molar-refractivity contribution is 1.21. The summed E-state index contributed by atoms with van der Waals surface area (Å²) >= 11 is 0. The lowest BCUT2D eigenvalue weighted by Gasteiger charge is -2.10. The van der Waals surface area contributed by atoms with Gasteiger partial charge in [0.05, 0.1) is 40.4 Å². The molecule has 5 rings (SSSR count). The highest BCUT2D eigenvalue weighted by molar-refractivity contribution is 5.88. The van der Waals surface area contributed by atoms with E-state index in [9.17, 15) is 10.1 Å². The molecule has 0 bridgehead atoms. The van der Waals surface area contributed by atoms with Crippen LogP contribution >= 0.6 is 0 Å². The van der Waals surface area contributed by atoms with Crippen molar-refractivity contribution in [3.05, 3.63) is 76.8 Å². The first-order valence-corrected chi connectivity index (χ1v) is 8.56. The molecule has 28 heavy (non-hydrogen) atoms. The summed E-state index contributed by atoms with van der Waals surface area (Å²) in [5, 5.41) is 9.25. The highest BCUT2D eigenvalue weighted by Crippen LogP contribution is 2.31. The number of aromatic amines is 2. The van der Waals surface area contributed by atoms with E-state index < -0.39 is 0 Å². The van der Waals surface area contributed by atoms with Gasteiger partial charge in [-0.25, -0.2) is 15.0 Å². The van der Waals surface area contributed by atoms with E-state index in [0.717, 1.165) is 22.2 Å². The van der Waals surface area contributed by atoms with Crippen LogP contribution in [0.4, 0.5) is 0 Å². The van der Waals surface area contributed by atoms with Gasteiger partial charge in [0, 0.05) is 23.4 Å². The first-order valence-electron chi connectivity index (χ1n) is 8.56. The Morgan fingerprint density at radius 1 is 0.929 bits per heavy atom. The molecule has 0 saturated heterocycles. The lowest BCUT2D eigenvalue weighted by atomic mass is 10.0. The number of nitrogens with one attached hydrogen (secondary N) is 2. The van der Waals surface area contributed by atoms with Crippen LogP contribution in [-0.2, 0) is 0 Å². The number of fused-ring (bicyclic) bond motifs is 2. The summed E-state index contributed by atoms with van der Waals surface area (Å²) in [5.74, 6) is 0. The number of hydrogen-bond donors (Lipinski definition) is 2. The van der Waals surface area contributed by atoms with Crippen LogP contribution in [0.3, 0.4) is 0 Å². The van der Waals surface area contributed by atoms with Crippen molar-refractivity contribution in [2.45, 2.75) is 0 Å². The van der Waals surface area contributed by atoms with Crippen LogP contribution < -0.4 is 5.43 Å². The number of aromatic nitrogens is 5. The van der Waals surface area contributed by atoms with Crippen molar-refractivity contribution in [1.82, 2.24) is 24.9 Å². The monoisotopic (exact) mass is 364 g/mol. The number of nitriles is 1. The van der Waals surface area contributed by atoms with Gasteiger partial charge in [-0.1, -0.05) is 18.2 Å². The number of benzene rings is 2. The fourth-order valence-electron chi connectivity index (χ4n) is 3.20. The molecule has 0 aliphatic heterocycles. The van der Waals surface area contributed by atoms with Gasteiger partial charge in [-0.3, -0.25) is 4.79 Å². The summed E-state index contributed by atoms with van der Waals surface area (Å²) in [4.78, 5) is 31.9. The van der Waals surface area contributed by atoms with Crippen molar-refractivity contribution in [3.8, 4) is 28.6 Å². The standard InChI is InChI=1S/C21H12N6O/c22-10-12-2-1-3-13(8-12)19-18(14-4-5-15-16(9-14)25-11-24-15)26-20-17(28)6-7-23-21(20)27-19/h1-9,11H,(H,24,25)(H,23,27,28). The molecule has 0 saturated carbocycles. The maximum Gasteiger partial charge on any atom is 0.209 e. The molecule has 0 spiro atoms. The Morgan fingerprint density at radius 3 is 2.68 bits per heavy atom. The second-order valence-electron chi connectivity index (χ2n) is 6.29. The quantitative estimate of drug-likeness (QED) is 0.499. The van der Waals surface area contributed by atoms with Crippen molar-refractivity contribution >= 4 is 22.2 Å². The molecule has 0 unspecified atom stereocenters. The second-order valence-corrected chi connectivity index (χ2v) is 6.29. The predicted octanol–water partition coefficient (Wildman–Crippen LogP) is 3.40. The Labute approximate surface area is 158 Å². The van der Waals surface area contributed by atoms with Crippen LogP contribution in [0.25, 0.3) is 44.7 Å². The maximum atomic E-state index is 12.3. The Hall–Kier alpha value is -4.31. The molecule has 3 aromatic heterocycles. The molecule has 0 amide bonds. The van der Waals surface area contributed by atoms with E-state index in [2.05, 4.69) is 31.0 Å². The van der Waals surface area contributed by atoms with Crippen molar-refractivity contribution in [3.63, 3.8) is 0 Å². The average molecular weight is 364 g/mol. The number of nitrogens with zero attached hydrogens (tertiary/aromatic N) is 4. The first-order chi connectivity index (χ1) is 13.7. The minimum Gasteiger partial charge on any atom is -0.345 e. The van der Waals surface area contributed by atoms with Gasteiger partial charge in [0.2, 0.25) is 5.43 Å². The number of rotatable bonds is 2. The predicted molar refractivity (Wildman–Crippen MR) is 105 cm³/mol. The maximum absolute atomic E-state index is 12.3. The van der Waals surface area contributed by atoms with Gasteiger partial charge in [0.15, 0.2) is 11.2 Å². The van der Waals surface area contributed by atoms with Gasteiger partial charge < -0.3 is 9.97 Å². The minimum absolute atomic E-state index is 0.206. The molecule has 7 heteroatoms. The molecule has 3 heterocycles. The van der Waals surface area contributed by atoms with Gasteiger partial charge in [-0.15, -0.1) is 0 Å². The number of H-pyrrole nitrogens is 2. The Balaban J connectivity index is 1.85. The van der Waals surface area contributed by atoms with E-state index in [1.54, 1.807) is 30.7 Å². The zero-order chi connectivity index (χ0) is 19.1. The molecule has 2 aromatic carbocycles. The SMILES string of the molecule is N#Cc1cccc(-c2nc3[nH]ccc(=O)c3nc2-c2ccc3nc[nH]c3c2)c1. The summed E-state index contributed by atoms with van der Waals surface area (Å²) in [5.41, 5.74) is 5.38. The number of hydrogen-bond acceptors (Lipinski definition) is 5. The summed E-state index contributed by atoms with van der Waals surface area (Å²) in [6, 6.07) is 16.4. The summed E-state index contributed by atoms with van der Waals surface area (Å²) < 4.78 is 0. The highest BCUT2D eigenvalue weighted by Gasteiger charge is 2.16. The average Bonchev–Trinajstić information content (AvgIpc) is 3.21. The largest absolute Gasteiger partial charge is 0.345 e. The number of imidazole rings is 1. The summed E-state index contributed by atoms with van der Waals surface area (Å²) in [6.07, 6.45) is 3.17. The van der Waals surface area contributed by atoms with Crippen LogP contribution in [0, 0.1) is 11.3 Å². The Morgan fingerprint density at radius 2 is 1.79 bits per heavy atom. The third-order valence-electron chi connectivity index (χ3n) is 4.54. The van der Waals surface area contributed by atoms with Gasteiger partial charge in [-0.2, -0.15) is 5.26 Å². The molecular formula is C21H12N6O. The zero-order valence-corrected chi connectivity index (χ0v) is 14.5. The smallest absolute Gasteiger partial charge is 0.209 e. The molecule has 0 fully saturated rings. The molecule has 0 aliphatic carbocycles. The van der Waals surface area contributed by atoms with E-state index in [-0.39, 0.29) is 10.9 Å². The molecular weight excluding hydrogens is 352 g/mol. The van der Waals surface area contributed by atoms with Gasteiger partial charge in [0.1, 0.15) is 0 Å². The molecule has 0 atom stereocenters. The second kappa shape index (κ2) is 6.14. The first kappa shape index (κ1) is 15.9. The molecule has 5 aromatic rings. The third-order valence-corrected chi connectivity index (χ3v) is 4.54.